The Morgan fingerprint density at radius 2 is 1.20 bits per heavy atom. The largest absolute Gasteiger partial charge is 0.131 e. The molecule has 1 unspecified atom stereocenters. The van der Waals surface area contributed by atoms with E-state index in [0.29, 0.717) is 5.16 Å². The molecule has 0 nitrogen and oxygen atoms in total. The molecule has 0 N–H and O–H groups in total. The minimum atomic E-state index is 0.545. The molecule has 1 heteroatoms. The molecule has 0 aromatic rings. The van der Waals surface area contributed by atoms with Gasteiger partial charge in [-0.2, -0.15) is 0 Å². The highest BCUT2D eigenvalue weighted by atomic mass is 31.0. The lowest BCUT2D eigenvalue weighted by Crippen LogP contribution is -2.17. The molecule has 0 aliphatic rings. The molecule has 0 heterocycles. The van der Waals surface area contributed by atoms with Crippen molar-refractivity contribution in [2.24, 2.45) is 0 Å². The summed E-state index contributed by atoms with van der Waals surface area (Å²) in [6.45, 7) is 6.92. The highest BCUT2D eigenvalue weighted by Gasteiger charge is 2.18. The third kappa shape index (κ3) is 8.26. The van der Waals surface area contributed by atoms with Gasteiger partial charge in [0, 0.05) is 0 Å². The van der Waals surface area contributed by atoms with Gasteiger partial charge in [-0.05, 0) is 24.4 Å². The Balaban J connectivity index is 3.29. The van der Waals surface area contributed by atoms with Crippen molar-refractivity contribution in [1.82, 2.24) is 0 Å². The molecule has 0 fully saturated rings. The van der Waals surface area contributed by atoms with Gasteiger partial charge in [-0.15, -0.1) is 9.24 Å². The van der Waals surface area contributed by atoms with Gasteiger partial charge in [0.05, 0.1) is 0 Å². The van der Waals surface area contributed by atoms with Crippen molar-refractivity contribution in [3.8, 4) is 0 Å². The first kappa shape index (κ1) is 15.4. The fraction of sp³-hybridized carbons (Fsp3) is 1.00. The number of rotatable bonds is 10. The van der Waals surface area contributed by atoms with E-state index >= 15 is 0 Å². The van der Waals surface area contributed by atoms with Gasteiger partial charge in [0.15, 0.2) is 0 Å². The second kappa shape index (κ2) is 9.64. The van der Waals surface area contributed by atoms with Crippen molar-refractivity contribution in [3.05, 3.63) is 0 Å². The van der Waals surface area contributed by atoms with Gasteiger partial charge in [0.1, 0.15) is 0 Å². The van der Waals surface area contributed by atoms with Crippen molar-refractivity contribution in [2.45, 2.75) is 90.1 Å². The first-order valence-corrected chi connectivity index (χ1v) is 7.55. The molecule has 0 radical (unpaired) electrons. The zero-order chi connectivity index (χ0) is 11.6. The van der Waals surface area contributed by atoms with Crippen molar-refractivity contribution in [2.75, 3.05) is 0 Å². The third-order valence-corrected chi connectivity index (χ3v) is 4.79. The van der Waals surface area contributed by atoms with E-state index in [0.717, 1.165) is 0 Å². The Morgan fingerprint density at radius 1 is 0.733 bits per heavy atom. The van der Waals surface area contributed by atoms with Gasteiger partial charge in [0.25, 0.3) is 0 Å². The maximum atomic E-state index is 3.08. The summed E-state index contributed by atoms with van der Waals surface area (Å²) in [4.78, 5) is 0. The molecule has 92 valence electrons. The standard InChI is InChI=1S/C14H31P/c1-4-7-8-9-10-11-12-13-14(15,5-2)6-3/h4-13,15H2,1-3H3. The molecule has 0 saturated carbocycles. The number of hydrogen-bond donors (Lipinski definition) is 0. The molecule has 0 aromatic heterocycles. The third-order valence-electron chi connectivity index (χ3n) is 3.69. The lowest BCUT2D eigenvalue weighted by molar-refractivity contribution is 0.467. The van der Waals surface area contributed by atoms with Crippen LogP contribution in [0.15, 0.2) is 0 Å². The van der Waals surface area contributed by atoms with E-state index in [-0.39, 0.29) is 0 Å². The summed E-state index contributed by atoms with van der Waals surface area (Å²) in [5.41, 5.74) is 0. The molecule has 0 spiro atoms. The van der Waals surface area contributed by atoms with Crippen LogP contribution in [-0.4, -0.2) is 5.16 Å². The maximum absolute atomic E-state index is 3.08. The van der Waals surface area contributed by atoms with Crippen molar-refractivity contribution >= 4 is 9.24 Å². The van der Waals surface area contributed by atoms with Crippen LogP contribution in [0.4, 0.5) is 0 Å². The summed E-state index contributed by atoms with van der Waals surface area (Å²) in [6, 6.07) is 0. The maximum Gasteiger partial charge on any atom is -0.0155 e. The van der Waals surface area contributed by atoms with Crippen molar-refractivity contribution in [1.29, 1.82) is 0 Å². The van der Waals surface area contributed by atoms with Crippen molar-refractivity contribution < 1.29 is 0 Å². The topological polar surface area (TPSA) is 0 Å². The van der Waals surface area contributed by atoms with E-state index in [4.69, 9.17) is 0 Å². The summed E-state index contributed by atoms with van der Waals surface area (Å²) < 4.78 is 0. The summed E-state index contributed by atoms with van der Waals surface area (Å²) >= 11 is 0. The van der Waals surface area contributed by atoms with Crippen LogP contribution in [0.5, 0.6) is 0 Å². The van der Waals surface area contributed by atoms with Gasteiger partial charge in [0.2, 0.25) is 0 Å². The summed E-state index contributed by atoms with van der Waals surface area (Å²) in [7, 11) is 3.08. The molecule has 15 heavy (non-hydrogen) atoms. The van der Waals surface area contributed by atoms with Crippen LogP contribution in [0.1, 0.15) is 85.0 Å². The van der Waals surface area contributed by atoms with Gasteiger partial charge < -0.3 is 0 Å². The fourth-order valence-corrected chi connectivity index (χ4v) is 2.24. The van der Waals surface area contributed by atoms with Gasteiger partial charge in [-0.25, -0.2) is 0 Å². The summed E-state index contributed by atoms with van der Waals surface area (Å²) in [6.07, 6.45) is 14.0. The molecule has 0 bridgehead atoms. The zero-order valence-electron chi connectivity index (χ0n) is 11.1. The predicted molar refractivity (Wildman–Crippen MR) is 75.6 cm³/mol. The average molecular weight is 230 g/mol. The molecule has 0 aliphatic carbocycles. The minimum absolute atomic E-state index is 0.545. The predicted octanol–water partition coefficient (Wildman–Crippen LogP) is 5.56. The average Bonchev–Trinajstić information content (AvgIpc) is 2.27. The zero-order valence-corrected chi connectivity index (χ0v) is 12.3. The van der Waals surface area contributed by atoms with E-state index in [1.165, 1.54) is 64.2 Å². The summed E-state index contributed by atoms with van der Waals surface area (Å²) in [5.74, 6) is 0. The van der Waals surface area contributed by atoms with E-state index in [2.05, 4.69) is 30.0 Å². The van der Waals surface area contributed by atoms with Gasteiger partial charge in [-0.3, -0.25) is 0 Å². The first-order valence-electron chi connectivity index (χ1n) is 6.97. The van der Waals surface area contributed by atoms with E-state index in [9.17, 15) is 0 Å². The Kier molecular flexibility index (Phi) is 9.92. The molecular weight excluding hydrogens is 199 g/mol. The lowest BCUT2D eigenvalue weighted by Gasteiger charge is -2.26. The highest BCUT2D eigenvalue weighted by molar-refractivity contribution is 7.18. The molecule has 0 aromatic carbocycles. The summed E-state index contributed by atoms with van der Waals surface area (Å²) in [5, 5.41) is 0.545. The quantitative estimate of drug-likeness (QED) is 0.340. The normalized spacial score (nSPS) is 12.0. The van der Waals surface area contributed by atoms with E-state index < -0.39 is 0 Å². The first-order chi connectivity index (χ1) is 7.18. The van der Waals surface area contributed by atoms with Crippen LogP contribution in [-0.2, 0) is 0 Å². The van der Waals surface area contributed by atoms with E-state index in [1.54, 1.807) is 0 Å². The van der Waals surface area contributed by atoms with Crippen LogP contribution in [0.3, 0.4) is 0 Å². The van der Waals surface area contributed by atoms with E-state index in [1.807, 2.05) is 0 Å². The second-order valence-corrected chi connectivity index (χ2v) is 6.17. The van der Waals surface area contributed by atoms with Gasteiger partial charge >= 0.3 is 0 Å². The van der Waals surface area contributed by atoms with Gasteiger partial charge in [-0.1, -0.05) is 65.7 Å². The Bertz CT molecular complexity index is 127. The molecule has 0 amide bonds. The molecular formula is C14H31P. The molecule has 0 rings (SSSR count). The lowest BCUT2D eigenvalue weighted by atomic mass is 9.94. The molecule has 0 saturated heterocycles. The smallest absolute Gasteiger partial charge is 0.0155 e. The van der Waals surface area contributed by atoms with Crippen molar-refractivity contribution in [3.63, 3.8) is 0 Å². The monoisotopic (exact) mass is 230 g/mol. The Hall–Kier alpha value is 0.430. The van der Waals surface area contributed by atoms with Crippen LogP contribution in [0.2, 0.25) is 0 Å². The fourth-order valence-electron chi connectivity index (χ4n) is 2.04. The van der Waals surface area contributed by atoms with Crippen LogP contribution >= 0.6 is 9.24 Å². The molecule has 1 atom stereocenters. The SMILES string of the molecule is CCCCCCCCCC(P)(CC)CC. The van der Waals surface area contributed by atoms with Crippen LogP contribution in [0.25, 0.3) is 0 Å². The Morgan fingerprint density at radius 3 is 1.67 bits per heavy atom. The molecule has 0 aliphatic heterocycles. The Labute approximate surface area is 99.8 Å². The minimum Gasteiger partial charge on any atom is -0.131 e. The van der Waals surface area contributed by atoms with Crippen LogP contribution < -0.4 is 0 Å². The highest BCUT2D eigenvalue weighted by Crippen LogP contribution is 2.32. The van der Waals surface area contributed by atoms with Crippen LogP contribution in [0, 0.1) is 0 Å². The number of unbranched alkanes of at least 4 members (excludes halogenated alkanes) is 6. The second-order valence-electron chi connectivity index (χ2n) is 4.94. The number of hydrogen-bond acceptors (Lipinski definition) is 0.